The Bertz CT molecular complexity index is 759. The lowest BCUT2D eigenvalue weighted by Crippen LogP contribution is -2.32. The summed E-state index contributed by atoms with van der Waals surface area (Å²) in [5.74, 6) is -0.440. The van der Waals surface area contributed by atoms with Crippen molar-refractivity contribution >= 4 is 33.4 Å². The second-order valence-electron chi connectivity index (χ2n) is 5.75. The third-order valence-electron chi connectivity index (χ3n) is 3.84. The first-order valence-corrected chi connectivity index (χ1v) is 8.69. The lowest BCUT2D eigenvalue weighted by molar-refractivity contribution is 0.0940. The molecule has 0 aromatic heterocycles. The van der Waals surface area contributed by atoms with Crippen LogP contribution < -0.4 is 10.6 Å². The zero-order valence-corrected chi connectivity index (χ0v) is 15.6. The number of aryl methyl sites for hydroxylation is 1. The monoisotopic (exact) mass is 388 g/mol. The molecule has 2 N–H and O–H groups in total. The van der Waals surface area contributed by atoms with Gasteiger partial charge in [0.1, 0.15) is 0 Å². The van der Waals surface area contributed by atoms with Crippen molar-refractivity contribution in [2.24, 2.45) is 0 Å². The summed E-state index contributed by atoms with van der Waals surface area (Å²) in [4.78, 5) is 24.8. The van der Waals surface area contributed by atoms with E-state index in [1.807, 2.05) is 26.8 Å². The summed E-state index contributed by atoms with van der Waals surface area (Å²) in [6, 6.07) is 12.5. The van der Waals surface area contributed by atoms with Gasteiger partial charge < -0.3 is 10.6 Å². The van der Waals surface area contributed by atoms with Crippen LogP contribution in [0.1, 0.15) is 46.5 Å². The Balaban J connectivity index is 2.22. The number of para-hydroxylation sites is 1. The van der Waals surface area contributed by atoms with Gasteiger partial charge in [0.15, 0.2) is 0 Å². The van der Waals surface area contributed by atoms with E-state index in [1.54, 1.807) is 36.4 Å². The molecule has 2 rings (SSSR count). The van der Waals surface area contributed by atoms with E-state index < -0.39 is 0 Å². The first-order chi connectivity index (χ1) is 11.4. The van der Waals surface area contributed by atoms with Crippen LogP contribution in [-0.2, 0) is 0 Å². The van der Waals surface area contributed by atoms with Gasteiger partial charge in [0, 0.05) is 16.1 Å². The fourth-order valence-electron chi connectivity index (χ4n) is 2.12. The van der Waals surface area contributed by atoms with E-state index in [4.69, 9.17) is 0 Å². The normalized spacial score (nSPS) is 11.7. The van der Waals surface area contributed by atoms with Crippen molar-refractivity contribution in [3.05, 3.63) is 63.6 Å². The van der Waals surface area contributed by atoms with Crippen LogP contribution in [0.4, 0.5) is 5.69 Å². The quantitative estimate of drug-likeness (QED) is 0.789. The number of rotatable bonds is 5. The van der Waals surface area contributed by atoms with E-state index in [1.165, 1.54) is 0 Å². The van der Waals surface area contributed by atoms with Gasteiger partial charge >= 0.3 is 0 Å². The molecule has 1 unspecified atom stereocenters. The van der Waals surface area contributed by atoms with Crippen molar-refractivity contribution in [2.45, 2.75) is 33.2 Å². The zero-order chi connectivity index (χ0) is 17.7. The summed E-state index contributed by atoms with van der Waals surface area (Å²) >= 11 is 3.43. The molecule has 24 heavy (non-hydrogen) atoms. The topological polar surface area (TPSA) is 58.2 Å². The van der Waals surface area contributed by atoms with Crippen LogP contribution >= 0.6 is 15.9 Å². The fraction of sp³-hybridized carbons (Fsp3) is 0.263. The molecule has 0 aliphatic carbocycles. The van der Waals surface area contributed by atoms with E-state index in [2.05, 4.69) is 26.6 Å². The molecule has 0 aliphatic rings. The second kappa shape index (κ2) is 8.11. The Morgan fingerprint density at radius 2 is 1.83 bits per heavy atom. The lowest BCUT2D eigenvalue weighted by Gasteiger charge is -2.15. The van der Waals surface area contributed by atoms with Gasteiger partial charge in [-0.3, -0.25) is 9.59 Å². The number of hydrogen-bond acceptors (Lipinski definition) is 2. The first kappa shape index (κ1) is 18.2. The van der Waals surface area contributed by atoms with Gasteiger partial charge in [-0.25, -0.2) is 0 Å². The highest BCUT2D eigenvalue weighted by Gasteiger charge is 2.15. The highest BCUT2D eigenvalue weighted by atomic mass is 79.9. The summed E-state index contributed by atoms with van der Waals surface area (Å²) in [5, 5.41) is 5.74. The molecule has 0 aliphatic heterocycles. The third-order valence-corrected chi connectivity index (χ3v) is 4.70. The molecule has 4 nitrogen and oxygen atoms in total. The molecule has 2 amide bonds. The Labute approximate surface area is 150 Å². The molecule has 0 heterocycles. The molecular formula is C19H21BrN2O2. The van der Waals surface area contributed by atoms with E-state index >= 15 is 0 Å². The summed E-state index contributed by atoms with van der Waals surface area (Å²) in [5.41, 5.74) is 2.54. The van der Waals surface area contributed by atoms with E-state index in [0.29, 0.717) is 16.8 Å². The highest BCUT2D eigenvalue weighted by molar-refractivity contribution is 9.10. The van der Waals surface area contributed by atoms with E-state index in [9.17, 15) is 9.59 Å². The molecule has 0 spiro atoms. The standard InChI is InChI=1S/C19H21BrN2O2/c1-4-13(3)21-19(24)15-7-5-6-8-17(15)22-18(23)14-10-9-12(2)16(20)11-14/h5-11,13H,4H2,1-3H3,(H,21,24)(H,22,23). The average Bonchev–Trinajstić information content (AvgIpc) is 2.57. The maximum Gasteiger partial charge on any atom is 0.255 e. The van der Waals surface area contributed by atoms with E-state index in [0.717, 1.165) is 16.5 Å². The second-order valence-corrected chi connectivity index (χ2v) is 6.60. The summed E-state index contributed by atoms with van der Waals surface area (Å²) in [7, 11) is 0. The van der Waals surface area contributed by atoms with Gasteiger partial charge in [0.2, 0.25) is 0 Å². The predicted octanol–water partition coefficient (Wildman–Crippen LogP) is 4.54. The molecule has 0 saturated carbocycles. The van der Waals surface area contributed by atoms with Gasteiger partial charge in [0.25, 0.3) is 11.8 Å². The van der Waals surface area contributed by atoms with Crippen molar-refractivity contribution in [2.75, 3.05) is 5.32 Å². The Kier molecular flexibility index (Phi) is 6.15. The minimum atomic E-state index is -0.250. The minimum absolute atomic E-state index is 0.0781. The number of nitrogens with one attached hydrogen (secondary N) is 2. The van der Waals surface area contributed by atoms with Gasteiger partial charge in [0.05, 0.1) is 11.3 Å². The molecule has 2 aromatic carbocycles. The zero-order valence-electron chi connectivity index (χ0n) is 14.0. The average molecular weight is 389 g/mol. The van der Waals surface area contributed by atoms with Crippen LogP contribution in [0, 0.1) is 6.92 Å². The summed E-state index contributed by atoms with van der Waals surface area (Å²) in [6.45, 7) is 5.91. The Hall–Kier alpha value is -2.14. The van der Waals surface area contributed by atoms with Gasteiger partial charge in [-0.2, -0.15) is 0 Å². The number of carbonyl (C=O) groups is 2. The summed E-state index contributed by atoms with van der Waals surface area (Å²) in [6.07, 6.45) is 0.845. The Morgan fingerprint density at radius 1 is 1.12 bits per heavy atom. The van der Waals surface area contributed by atoms with Gasteiger partial charge in [-0.05, 0) is 50.1 Å². The number of amides is 2. The molecule has 0 bridgehead atoms. The molecular weight excluding hydrogens is 368 g/mol. The number of halogens is 1. The van der Waals surface area contributed by atoms with Crippen molar-refractivity contribution in [1.82, 2.24) is 5.32 Å². The first-order valence-electron chi connectivity index (χ1n) is 7.89. The highest BCUT2D eigenvalue weighted by Crippen LogP contribution is 2.20. The molecule has 0 saturated heterocycles. The predicted molar refractivity (Wildman–Crippen MR) is 100 cm³/mol. The van der Waals surface area contributed by atoms with Crippen LogP contribution in [-0.4, -0.2) is 17.9 Å². The van der Waals surface area contributed by atoms with Crippen LogP contribution in [0.3, 0.4) is 0 Å². The molecule has 0 radical (unpaired) electrons. The minimum Gasteiger partial charge on any atom is -0.350 e. The SMILES string of the molecule is CCC(C)NC(=O)c1ccccc1NC(=O)c1ccc(C)c(Br)c1. The van der Waals surface area contributed by atoms with E-state index in [-0.39, 0.29) is 17.9 Å². The number of carbonyl (C=O) groups excluding carboxylic acids is 2. The van der Waals surface area contributed by atoms with Crippen LogP contribution in [0.25, 0.3) is 0 Å². The maximum atomic E-state index is 12.5. The lowest BCUT2D eigenvalue weighted by atomic mass is 10.1. The molecule has 2 aromatic rings. The maximum absolute atomic E-state index is 12.5. The molecule has 0 fully saturated rings. The van der Waals surface area contributed by atoms with Crippen molar-refractivity contribution in [3.8, 4) is 0 Å². The van der Waals surface area contributed by atoms with Crippen molar-refractivity contribution in [3.63, 3.8) is 0 Å². The molecule has 126 valence electrons. The van der Waals surface area contributed by atoms with Crippen molar-refractivity contribution in [1.29, 1.82) is 0 Å². The molecule has 5 heteroatoms. The van der Waals surface area contributed by atoms with Crippen LogP contribution in [0.2, 0.25) is 0 Å². The number of benzene rings is 2. The van der Waals surface area contributed by atoms with Crippen molar-refractivity contribution < 1.29 is 9.59 Å². The summed E-state index contributed by atoms with van der Waals surface area (Å²) < 4.78 is 0.873. The number of hydrogen-bond donors (Lipinski definition) is 2. The van der Waals surface area contributed by atoms with Gasteiger partial charge in [-0.15, -0.1) is 0 Å². The third kappa shape index (κ3) is 4.45. The largest absolute Gasteiger partial charge is 0.350 e. The smallest absolute Gasteiger partial charge is 0.255 e. The molecule has 1 atom stereocenters. The Morgan fingerprint density at radius 3 is 2.50 bits per heavy atom. The fourth-order valence-corrected chi connectivity index (χ4v) is 2.50. The van der Waals surface area contributed by atoms with Gasteiger partial charge in [-0.1, -0.05) is 41.1 Å². The van der Waals surface area contributed by atoms with Crippen LogP contribution in [0.15, 0.2) is 46.9 Å². The number of anilines is 1. The van der Waals surface area contributed by atoms with Crippen LogP contribution in [0.5, 0.6) is 0 Å².